The van der Waals surface area contributed by atoms with Crippen molar-refractivity contribution in [3.05, 3.63) is 35.5 Å². The first kappa shape index (κ1) is 23.8. The fraction of sp³-hybridized carbons (Fsp3) is 0.778. The molecule has 3 nitrogen and oxygen atoms in total. The molecule has 0 aliphatic heterocycles. The van der Waals surface area contributed by atoms with E-state index >= 15 is 0 Å². The molecule has 0 aromatic carbocycles. The van der Waals surface area contributed by atoms with E-state index in [0.29, 0.717) is 35.7 Å². The summed E-state index contributed by atoms with van der Waals surface area (Å²) in [6.07, 6.45) is 14.0. The zero-order valence-corrected chi connectivity index (χ0v) is 19.7. The zero-order valence-electron chi connectivity index (χ0n) is 19.7. The predicted octanol–water partition coefficient (Wildman–Crippen LogP) is 5.70. The number of aliphatic hydroxyl groups is 3. The van der Waals surface area contributed by atoms with Crippen molar-refractivity contribution in [3.63, 3.8) is 0 Å². The van der Waals surface area contributed by atoms with Gasteiger partial charge in [0.2, 0.25) is 0 Å². The van der Waals surface area contributed by atoms with Crippen molar-refractivity contribution >= 4 is 0 Å². The van der Waals surface area contributed by atoms with E-state index < -0.39 is 17.8 Å². The van der Waals surface area contributed by atoms with Crippen LogP contribution in [0.15, 0.2) is 35.5 Å². The van der Waals surface area contributed by atoms with Crippen molar-refractivity contribution in [2.75, 3.05) is 0 Å². The van der Waals surface area contributed by atoms with Crippen LogP contribution in [0.5, 0.6) is 0 Å². The summed E-state index contributed by atoms with van der Waals surface area (Å²) >= 11 is 0. The van der Waals surface area contributed by atoms with Crippen LogP contribution in [0, 0.1) is 23.2 Å². The summed E-state index contributed by atoms with van der Waals surface area (Å²) in [4.78, 5) is 0. The predicted molar refractivity (Wildman–Crippen MR) is 124 cm³/mol. The van der Waals surface area contributed by atoms with Crippen molar-refractivity contribution in [2.24, 2.45) is 23.2 Å². The minimum atomic E-state index is -0.615. The van der Waals surface area contributed by atoms with Gasteiger partial charge < -0.3 is 15.3 Å². The lowest BCUT2D eigenvalue weighted by Crippen LogP contribution is -2.36. The van der Waals surface area contributed by atoms with E-state index in [0.717, 1.165) is 24.3 Å². The first-order chi connectivity index (χ1) is 14.0. The monoisotopic (exact) mass is 416 g/mol. The molecule has 3 heteroatoms. The van der Waals surface area contributed by atoms with E-state index in [4.69, 9.17) is 0 Å². The maximum atomic E-state index is 10.1. The number of fused-ring (bicyclic) bond motifs is 1. The Bertz CT molecular complexity index is 667. The molecule has 0 radical (unpaired) electrons. The summed E-state index contributed by atoms with van der Waals surface area (Å²) in [5.41, 5.74) is 3.11. The molecule has 0 bridgehead atoms. The van der Waals surface area contributed by atoms with Crippen molar-refractivity contribution in [2.45, 2.75) is 110 Å². The van der Waals surface area contributed by atoms with Gasteiger partial charge in [-0.2, -0.15) is 0 Å². The fourth-order valence-electron chi connectivity index (χ4n) is 6.70. The molecule has 30 heavy (non-hydrogen) atoms. The Balaban J connectivity index is 1.67. The van der Waals surface area contributed by atoms with E-state index in [1.165, 1.54) is 38.5 Å². The lowest BCUT2D eigenvalue weighted by Gasteiger charge is -2.44. The number of hydrogen-bond acceptors (Lipinski definition) is 3. The molecule has 0 spiro atoms. The van der Waals surface area contributed by atoms with Gasteiger partial charge in [0, 0.05) is 0 Å². The number of hydrogen-bond donors (Lipinski definition) is 3. The van der Waals surface area contributed by atoms with Crippen LogP contribution in [0.25, 0.3) is 0 Å². The Hall–Kier alpha value is -0.900. The maximum absolute atomic E-state index is 10.1. The minimum absolute atomic E-state index is 0.386. The summed E-state index contributed by atoms with van der Waals surface area (Å²) in [6, 6.07) is 0. The van der Waals surface area contributed by atoms with E-state index in [2.05, 4.69) is 32.6 Å². The summed E-state index contributed by atoms with van der Waals surface area (Å²) in [5, 5.41) is 30.3. The second kappa shape index (κ2) is 9.30. The Labute approximate surface area is 184 Å². The third-order valence-corrected chi connectivity index (χ3v) is 8.47. The molecule has 3 aliphatic rings. The van der Waals surface area contributed by atoms with Crippen LogP contribution in [0.1, 0.15) is 91.9 Å². The molecule has 0 amide bonds. The van der Waals surface area contributed by atoms with Gasteiger partial charge in [0.1, 0.15) is 0 Å². The highest BCUT2D eigenvalue weighted by Crippen LogP contribution is 2.60. The fourth-order valence-corrected chi connectivity index (χ4v) is 6.70. The van der Waals surface area contributed by atoms with Crippen LogP contribution < -0.4 is 0 Å². The van der Waals surface area contributed by atoms with Crippen LogP contribution in [-0.2, 0) is 0 Å². The lowest BCUT2D eigenvalue weighted by molar-refractivity contribution is 0.0596. The maximum Gasteiger partial charge on any atom is 0.0809 e. The molecule has 3 rings (SSSR count). The third-order valence-electron chi connectivity index (χ3n) is 8.47. The van der Waals surface area contributed by atoms with Crippen LogP contribution in [-0.4, -0.2) is 33.1 Å². The molecule has 3 saturated carbocycles. The Kier molecular flexibility index (Phi) is 7.37. The van der Waals surface area contributed by atoms with Gasteiger partial charge in [0.05, 0.1) is 17.8 Å². The number of rotatable bonds is 6. The van der Waals surface area contributed by atoms with Gasteiger partial charge in [-0.1, -0.05) is 56.6 Å². The van der Waals surface area contributed by atoms with E-state index in [1.807, 2.05) is 13.8 Å². The summed E-state index contributed by atoms with van der Waals surface area (Å²) in [7, 11) is 0. The molecule has 2 unspecified atom stereocenters. The van der Waals surface area contributed by atoms with Gasteiger partial charge in [-0.05, 0) is 94.0 Å². The first-order valence-corrected chi connectivity index (χ1v) is 12.2. The highest BCUT2D eigenvalue weighted by atomic mass is 16.3. The second-order valence-corrected chi connectivity index (χ2v) is 11.4. The third kappa shape index (κ3) is 5.29. The van der Waals surface area contributed by atoms with Gasteiger partial charge in [-0.15, -0.1) is 0 Å². The van der Waals surface area contributed by atoms with Crippen LogP contribution in [0.2, 0.25) is 0 Å². The molecule has 0 heterocycles. The largest absolute Gasteiger partial charge is 0.390 e. The molecule has 3 fully saturated rings. The van der Waals surface area contributed by atoms with Gasteiger partial charge in [0.25, 0.3) is 0 Å². The molecule has 3 aliphatic carbocycles. The molecular weight excluding hydrogens is 372 g/mol. The quantitative estimate of drug-likeness (QED) is 0.486. The SMILES string of the molecule is C=C1C(O)CC(=C/C=C2\CCC[C@@]3(C)C2CC[C@@H]3[C@@H](C)CCCC(C)(C)O)C[C@H]1O. The van der Waals surface area contributed by atoms with E-state index in [-0.39, 0.29) is 0 Å². The van der Waals surface area contributed by atoms with Gasteiger partial charge >= 0.3 is 0 Å². The zero-order chi connectivity index (χ0) is 22.1. The average Bonchev–Trinajstić information content (AvgIpc) is 3.00. The standard InChI is InChI=1S/C27H44O3/c1-18(8-6-14-26(3,4)30)22-12-13-23-21(9-7-15-27(22,23)5)11-10-20-16-24(28)19(2)25(29)17-20/h10-11,18,22-25,28-30H,2,6-9,12-17H2,1,3-5H3/b20-10?,21-11+/t18-,22+,23?,24+,25?,27+/m0/s1. The topological polar surface area (TPSA) is 60.7 Å². The Morgan fingerprint density at radius 1 is 1.17 bits per heavy atom. The van der Waals surface area contributed by atoms with Crippen LogP contribution >= 0.6 is 0 Å². The Morgan fingerprint density at radius 3 is 2.47 bits per heavy atom. The molecule has 0 saturated heterocycles. The summed E-state index contributed by atoms with van der Waals surface area (Å²) < 4.78 is 0. The van der Waals surface area contributed by atoms with Crippen molar-refractivity contribution in [1.29, 1.82) is 0 Å². The highest BCUT2D eigenvalue weighted by Gasteiger charge is 2.50. The average molecular weight is 417 g/mol. The molecule has 0 aromatic heterocycles. The van der Waals surface area contributed by atoms with Gasteiger partial charge in [-0.25, -0.2) is 0 Å². The first-order valence-electron chi connectivity index (χ1n) is 12.2. The highest BCUT2D eigenvalue weighted by molar-refractivity contribution is 5.29. The van der Waals surface area contributed by atoms with Crippen molar-refractivity contribution in [1.82, 2.24) is 0 Å². The van der Waals surface area contributed by atoms with E-state index in [9.17, 15) is 15.3 Å². The molecular formula is C27H44O3. The molecule has 0 aromatic rings. The lowest BCUT2D eigenvalue weighted by atomic mass is 9.60. The summed E-state index contributed by atoms with van der Waals surface area (Å²) in [5.74, 6) is 2.13. The van der Waals surface area contributed by atoms with Gasteiger partial charge in [0.15, 0.2) is 0 Å². The molecule has 3 N–H and O–H groups in total. The smallest absolute Gasteiger partial charge is 0.0809 e. The van der Waals surface area contributed by atoms with Gasteiger partial charge in [-0.3, -0.25) is 0 Å². The van der Waals surface area contributed by atoms with E-state index in [1.54, 1.807) is 5.57 Å². The second-order valence-electron chi connectivity index (χ2n) is 11.4. The minimum Gasteiger partial charge on any atom is -0.390 e. The summed E-state index contributed by atoms with van der Waals surface area (Å²) in [6.45, 7) is 12.6. The van der Waals surface area contributed by atoms with Crippen LogP contribution in [0.3, 0.4) is 0 Å². The normalized spacial score (nSPS) is 38.8. The molecule has 170 valence electrons. The number of allylic oxidation sites excluding steroid dienone is 3. The van der Waals surface area contributed by atoms with Crippen LogP contribution in [0.4, 0.5) is 0 Å². The Morgan fingerprint density at radius 2 is 1.83 bits per heavy atom. The van der Waals surface area contributed by atoms with Crippen molar-refractivity contribution in [3.8, 4) is 0 Å². The number of aliphatic hydroxyl groups excluding tert-OH is 2. The molecule has 6 atom stereocenters. The van der Waals surface area contributed by atoms with Crippen molar-refractivity contribution < 1.29 is 15.3 Å².